The van der Waals surface area contributed by atoms with Crippen LogP contribution in [0.4, 0.5) is 18.9 Å². The van der Waals surface area contributed by atoms with Crippen LogP contribution in [0.3, 0.4) is 0 Å². The standard InChI is InChI=1S/C30H23Cl2F3N4O3/c31-18-13-36-14-19(32)22(18)24-21(27(42-38-24)15-5-6-15)16-11-29(12-16)7-9-39(10-8-29)26-23(30(33,34)35)17-3-1-2-4-20(17)37-25(26)28(40)41/h1-4,11,13-15H,5-10,12H2,(H,40,41). The van der Waals surface area contributed by atoms with Gasteiger partial charge in [0.15, 0.2) is 5.69 Å². The van der Waals surface area contributed by atoms with E-state index in [1.807, 2.05) is 0 Å². The van der Waals surface area contributed by atoms with Crippen LogP contribution < -0.4 is 4.90 Å². The Morgan fingerprint density at radius 1 is 1.07 bits per heavy atom. The van der Waals surface area contributed by atoms with Crippen molar-refractivity contribution in [3.05, 3.63) is 75.4 Å². The second-order valence-corrected chi connectivity index (χ2v) is 12.0. The van der Waals surface area contributed by atoms with Crippen molar-refractivity contribution in [3.63, 3.8) is 0 Å². The monoisotopic (exact) mass is 614 g/mol. The molecular formula is C30H23Cl2F3N4O3. The average Bonchev–Trinajstić information content (AvgIpc) is 3.69. The summed E-state index contributed by atoms with van der Waals surface area (Å²) in [5.74, 6) is -0.417. The van der Waals surface area contributed by atoms with Crippen molar-refractivity contribution in [3.8, 4) is 11.3 Å². The van der Waals surface area contributed by atoms with Crippen molar-refractivity contribution < 1.29 is 27.6 Å². The highest BCUT2D eigenvalue weighted by Crippen LogP contribution is 2.57. The first kappa shape index (κ1) is 27.2. The molecule has 7 rings (SSSR count). The summed E-state index contributed by atoms with van der Waals surface area (Å²) in [5.41, 5.74) is 0.891. The number of fused-ring (bicyclic) bond motifs is 1. The molecule has 12 heteroatoms. The lowest BCUT2D eigenvalue weighted by Crippen LogP contribution is -2.43. The van der Waals surface area contributed by atoms with Gasteiger partial charge in [0.2, 0.25) is 0 Å². The maximum atomic E-state index is 14.5. The number of anilines is 1. The summed E-state index contributed by atoms with van der Waals surface area (Å²) >= 11 is 12.9. The van der Waals surface area contributed by atoms with Crippen LogP contribution in [-0.4, -0.2) is 39.3 Å². The van der Waals surface area contributed by atoms with Crippen molar-refractivity contribution in [2.75, 3.05) is 18.0 Å². The van der Waals surface area contributed by atoms with E-state index in [0.29, 0.717) is 40.6 Å². The van der Waals surface area contributed by atoms with Crippen LogP contribution in [0, 0.1) is 5.41 Å². The minimum Gasteiger partial charge on any atom is -0.476 e. The van der Waals surface area contributed by atoms with Crippen LogP contribution in [0.25, 0.3) is 27.7 Å². The van der Waals surface area contributed by atoms with Crippen molar-refractivity contribution >= 4 is 51.3 Å². The number of allylic oxidation sites excluding steroid dienone is 2. The summed E-state index contributed by atoms with van der Waals surface area (Å²) < 4.78 is 49.2. The SMILES string of the molecule is O=C(O)c1nc2ccccc2c(C(F)(F)F)c1N1CCC2(C=C(c3c(-c4c(Cl)cncc4Cl)noc3C3CC3)C2)CC1. The molecule has 1 N–H and O–H groups in total. The zero-order chi connectivity index (χ0) is 29.4. The number of benzene rings is 1. The lowest BCUT2D eigenvalue weighted by atomic mass is 9.63. The normalized spacial score (nSPS) is 18.3. The maximum absolute atomic E-state index is 14.5. The van der Waals surface area contributed by atoms with E-state index in [2.05, 4.69) is 21.2 Å². The number of para-hydroxylation sites is 1. The third-order valence-electron chi connectivity index (χ3n) is 8.53. The maximum Gasteiger partial charge on any atom is 0.419 e. The first-order valence-electron chi connectivity index (χ1n) is 13.6. The van der Waals surface area contributed by atoms with E-state index < -0.39 is 23.4 Å². The summed E-state index contributed by atoms with van der Waals surface area (Å²) in [4.78, 5) is 21.8. The number of carboxylic acids is 1. The van der Waals surface area contributed by atoms with Crippen molar-refractivity contribution in [2.24, 2.45) is 5.41 Å². The summed E-state index contributed by atoms with van der Waals surface area (Å²) in [6.07, 6.45) is 4.20. The largest absolute Gasteiger partial charge is 0.476 e. The molecule has 1 aromatic carbocycles. The molecule has 1 aliphatic heterocycles. The van der Waals surface area contributed by atoms with Gasteiger partial charge in [-0.05, 0) is 49.2 Å². The molecule has 2 fully saturated rings. The number of nitrogens with zero attached hydrogens (tertiary/aromatic N) is 4. The van der Waals surface area contributed by atoms with Crippen molar-refractivity contribution in [1.29, 1.82) is 0 Å². The molecule has 4 heterocycles. The molecule has 1 saturated carbocycles. The van der Waals surface area contributed by atoms with Gasteiger partial charge in [-0.25, -0.2) is 9.78 Å². The number of hydrogen-bond donors (Lipinski definition) is 1. The van der Waals surface area contributed by atoms with Gasteiger partial charge in [0.1, 0.15) is 11.5 Å². The number of aromatic nitrogens is 3. The summed E-state index contributed by atoms with van der Waals surface area (Å²) in [6, 6.07) is 5.77. The van der Waals surface area contributed by atoms with Gasteiger partial charge in [-0.3, -0.25) is 4.98 Å². The molecule has 2 aliphatic carbocycles. The number of halogens is 5. The van der Waals surface area contributed by atoms with Gasteiger partial charge in [-0.15, -0.1) is 0 Å². The lowest BCUT2D eigenvalue weighted by molar-refractivity contribution is -0.135. The van der Waals surface area contributed by atoms with Crippen LogP contribution >= 0.6 is 23.2 Å². The predicted molar refractivity (Wildman–Crippen MR) is 152 cm³/mol. The first-order chi connectivity index (χ1) is 20.1. The molecule has 0 amide bonds. The van der Waals surface area contributed by atoms with Gasteiger partial charge >= 0.3 is 12.1 Å². The van der Waals surface area contributed by atoms with Crippen LogP contribution in [0.5, 0.6) is 0 Å². The molecule has 0 atom stereocenters. The van der Waals surface area contributed by atoms with E-state index in [0.717, 1.165) is 29.7 Å². The van der Waals surface area contributed by atoms with E-state index in [1.54, 1.807) is 0 Å². The Bertz CT molecular complexity index is 1770. The molecular weight excluding hydrogens is 592 g/mol. The number of alkyl halides is 3. The summed E-state index contributed by atoms with van der Waals surface area (Å²) in [7, 11) is 0. The minimum absolute atomic E-state index is 0.00332. The Morgan fingerprint density at radius 2 is 1.74 bits per heavy atom. The third-order valence-corrected chi connectivity index (χ3v) is 9.10. The van der Waals surface area contributed by atoms with E-state index in [9.17, 15) is 23.1 Å². The van der Waals surface area contributed by atoms with E-state index >= 15 is 0 Å². The Balaban J connectivity index is 1.22. The second-order valence-electron chi connectivity index (χ2n) is 11.2. The number of carbonyl (C=O) groups is 1. The summed E-state index contributed by atoms with van der Waals surface area (Å²) in [6.45, 7) is 0.502. The molecule has 216 valence electrons. The van der Waals surface area contributed by atoms with E-state index in [-0.39, 0.29) is 41.0 Å². The van der Waals surface area contributed by atoms with Gasteiger partial charge in [-0.2, -0.15) is 13.2 Å². The molecule has 42 heavy (non-hydrogen) atoms. The van der Waals surface area contributed by atoms with Gasteiger partial charge < -0.3 is 14.5 Å². The van der Waals surface area contributed by atoms with Crippen LogP contribution in [0.1, 0.15) is 65.4 Å². The lowest BCUT2D eigenvalue weighted by Gasteiger charge is -2.47. The van der Waals surface area contributed by atoms with Crippen LogP contribution in [0.15, 0.2) is 47.3 Å². The molecule has 1 spiro atoms. The molecule has 0 radical (unpaired) electrons. The number of rotatable bonds is 5. The first-order valence-corrected chi connectivity index (χ1v) is 14.3. The highest BCUT2D eigenvalue weighted by Gasteiger charge is 2.46. The highest BCUT2D eigenvalue weighted by molar-refractivity contribution is 6.39. The molecule has 3 aliphatic rings. The zero-order valence-electron chi connectivity index (χ0n) is 22.0. The quantitative estimate of drug-likeness (QED) is 0.242. The van der Waals surface area contributed by atoms with Crippen molar-refractivity contribution in [1.82, 2.24) is 15.1 Å². The van der Waals surface area contributed by atoms with Gasteiger partial charge in [0.25, 0.3) is 0 Å². The molecule has 1 saturated heterocycles. The van der Waals surface area contributed by atoms with Gasteiger partial charge in [0.05, 0.1) is 26.8 Å². The fraction of sp³-hybridized carbons (Fsp3) is 0.333. The summed E-state index contributed by atoms with van der Waals surface area (Å²) in [5, 5.41) is 14.8. The van der Waals surface area contributed by atoms with E-state index in [4.69, 9.17) is 27.7 Å². The van der Waals surface area contributed by atoms with Gasteiger partial charge in [-0.1, -0.05) is 52.6 Å². The Morgan fingerprint density at radius 3 is 2.36 bits per heavy atom. The number of aromatic carboxylic acids is 1. The molecule has 4 aromatic rings. The zero-order valence-corrected chi connectivity index (χ0v) is 23.5. The molecule has 7 nitrogen and oxygen atoms in total. The Hall–Kier alpha value is -3.63. The average molecular weight is 615 g/mol. The van der Waals surface area contributed by atoms with Crippen LogP contribution in [-0.2, 0) is 6.18 Å². The molecule has 0 unspecified atom stereocenters. The van der Waals surface area contributed by atoms with E-state index in [1.165, 1.54) is 41.6 Å². The smallest absolute Gasteiger partial charge is 0.419 e. The van der Waals surface area contributed by atoms with Crippen molar-refractivity contribution in [2.45, 2.75) is 44.2 Å². The Kier molecular flexibility index (Phi) is 6.29. The molecule has 0 bridgehead atoms. The highest BCUT2D eigenvalue weighted by atomic mass is 35.5. The van der Waals surface area contributed by atoms with Crippen LogP contribution in [0.2, 0.25) is 10.0 Å². The van der Waals surface area contributed by atoms with Gasteiger partial charge in [0, 0.05) is 47.9 Å². The fourth-order valence-corrected chi connectivity index (χ4v) is 6.91. The third kappa shape index (κ3) is 4.43. The number of piperidine rings is 1. The minimum atomic E-state index is -4.76. The topological polar surface area (TPSA) is 92.3 Å². The predicted octanol–water partition coefficient (Wildman–Crippen LogP) is 8.26. The number of hydrogen-bond acceptors (Lipinski definition) is 6. The molecule has 3 aromatic heterocycles. The fourth-order valence-electron chi connectivity index (χ4n) is 6.37. The number of pyridine rings is 2. The second kappa shape index (κ2) is 9.70. The Labute approximate surface area is 247 Å². The number of carboxylic acid groups (broad SMARTS) is 1.